The molecule has 1 aromatic rings. The first kappa shape index (κ1) is 21.8. The second kappa shape index (κ2) is 9.26. The molecule has 0 spiro atoms. The molecule has 2 amide bonds. The van der Waals surface area contributed by atoms with Gasteiger partial charge in [-0.1, -0.05) is 32.0 Å². The maximum atomic E-state index is 12.7. The summed E-state index contributed by atoms with van der Waals surface area (Å²) in [4.78, 5) is 27.0. The number of carbonyl (C=O) groups excluding carboxylic acids is 2. The number of piperidine rings is 1. The third-order valence-electron chi connectivity index (χ3n) is 5.81. The zero-order valence-electron chi connectivity index (χ0n) is 17.3. The van der Waals surface area contributed by atoms with E-state index in [1.807, 2.05) is 31.2 Å². The standard InChI is InChI=1S/C21H31N3O4S/c1-3-13-29(27,28)23-11-9-18(10-12-23)22-21(26)17-14-20(25)24(15-17)19-8-6-5-7-16(19)4-2/h5-8,17-18H,3-4,9-15H2,1-2H3,(H,22,26). The van der Waals surface area contributed by atoms with Gasteiger partial charge in [-0.05, 0) is 37.3 Å². The van der Waals surface area contributed by atoms with Crippen molar-refractivity contribution in [1.29, 1.82) is 0 Å². The lowest BCUT2D eigenvalue weighted by Crippen LogP contribution is -2.48. The van der Waals surface area contributed by atoms with E-state index in [0.717, 1.165) is 17.7 Å². The maximum absolute atomic E-state index is 12.7. The SMILES string of the molecule is CCCS(=O)(=O)N1CCC(NC(=O)C2CC(=O)N(c3ccccc3CC)C2)CC1. The lowest BCUT2D eigenvalue weighted by molar-refractivity contribution is -0.127. The van der Waals surface area contributed by atoms with Crippen LogP contribution < -0.4 is 10.2 Å². The van der Waals surface area contributed by atoms with Crippen molar-refractivity contribution in [2.24, 2.45) is 5.92 Å². The second-order valence-electron chi connectivity index (χ2n) is 7.89. The number of benzene rings is 1. The summed E-state index contributed by atoms with van der Waals surface area (Å²) >= 11 is 0. The van der Waals surface area contributed by atoms with Gasteiger partial charge in [0.1, 0.15) is 0 Å². The Labute approximate surface area is 173 Å². The summed E-state index contributed by atoms with van der Waals surface area (Å²) in [5, 5.41) is 3.05. The zero-order chi connectivity index (χ0) is 21.0. The molecule has 2 saturated heterocycles. The van der Waals surface area contributed by atoms with Crippen LogP contribution in [0.4, 0.5) is 5.69 Å². The van der Waals surface area contributed by atoms with E-state index in [2.05, 4.69) is 12.2 Å². The first-order valence-electron chi connectivity index (χ1n) is 10.5. The van der Waals surface area contributed by atoms with Crippen LogP contribution in [0.1, 0.15) is 45.1 Å². The van der Waals surface area contributed by atoms with Crippen LogP contribution in [0.25, 0.3) is 0 Å². The molecule has 1 unspecified atom stereocenters. The van der Waals surface area contributed by atoms with Crippen molar-refractivity contribution in [3.8, 4) is 0 Å². The Morgan fingerprint density at radius 1 is 1.17 bits per heavy atom. The van der Waals surface area contributed by atoms with Crippen LogP contribution in [0.2, 0.25) is 0 Å². The lowest BCUT2D eigenvalue weighted by Gasteiger charge is -2.32. The molecule has 7 nitrogen and oxygen atoms in total. The summed E-state index contributed by atoms with van der Waals surface area (Å²) in [5.41, 5.74) is 1.99. The number of para-hydroxylation sites is 1. The quantitative estimate of drug-likeness (QED) is 0.729. The van der Waals surface area contributed by atoms with E-state index in [9.17, 15) is 18.0 Å². The number of amides is 2. The average molecular weight is 422 g/mol. The molecule has 29 heavy (non-hydrogen) atoms. The highest BCUT2D eigenvalue weighted by molar-refractivity contribution is 7.89. The van der Waals surface area contributed by atoms with Crippen molar-refractivity contribution < 1.29 is 18.0 Å². The van der Waals surface area contributed by atoms with Crippen molar-refractivity contribution in [2.75, 3.05) is 30.3 Å². The molecule has 1 atom stereocenters. The Hall–Kier alpha value is -1.93. The molecule has 2 aliphatic heterocycles. The van der Waals surface area contributed by atoms with Crippen molar-refractivity contribution in [3.63, 3.8) is 0 Å². The fourth-order valence-electron chi connectivity index (χ4n) is 4.17. The van der Waals surface area contributed by atoms with Gasteiger partial charge >= 0.3 is 0 Å². The Balaban J connectivity index is 1.55. The van der Waals surface area contributed by atoms with Crippen molar-refractivity contribution >= 4 is 27.5 Å². The van der Waals surface area contributed by atoms with Crippen LogP contribution in [0.5, 0.6) is 0 Å². The number of aryl methyl sites for hydroxylation is 1. The first-order valence-corrected chi connectivity index (χ1v) is 12.1. The Bertz CT molecular complexity index is 847. The van der Waals surface area contributed by atoms with E-state index in [1.165, 1.54) is 4.31 Å². The molecule has 0 bridgehead atoms. The smallest absolute Gasteiger partial charge is 0.227 e. The van der Waals surface area contributed by atoms with Gasteiger partial charge in [0.15, 0.2) is 0 Å². The van der Waals surface area contributed by atoms with Crippen molar-refractivity contribution in [1.82, 2.24) is 9.62 Å². The topological polar surface area (TPSA) is 86.8 Å². The highest BCUT2D eigenvalue weighted by Crippen LogP contribution is 2.29. The van der Waals surface area contributed by atoms with Crippen molar-refractivity contribution in [2.45, 2.75) is 52.0 Å². The normalized spacial score (nSPS) is 21.5. The molecule has 3 rings (SSSR count). The van der Waals surface area contributed by atoms with Crippen LogP contribution in [0.15, 0.2) is 24.3 Å². The molecule has 2 aliphatic rings. The minimum absolute atomic E-state index is 0.0217. The van der Waals surface area contributed by atoms with Gasteiger partial charge in [0.25, 0.3) is 0 Å². The minimum atomic E-state index is -3.18. The Morgan fingerprint density at radius 3 is 2.52 bits per heavy atom. The Morgan fingerprint density at radius 2 is 1.86 bits per heavy atom. The van der Waals surface area contributed by atoms with Crippen molar-refractivity contribution in [3.05, 3.63) is 29.8 Å². The highest BCUT2D eigenvalue weighted by Gasteiger charge is 2.37. The Kier molecular flexibility index (Phi) is 6.95. The van der Waals surface area contributed by atoms with E-state index in [-0.39, 0.29) is 35.9 Å². The minimum Gasteiger partial charge on any atom is -0.353 e. The number of hydrogen-bond acceptors (Lipinski definition) is 4. The first-order chi connectivity index (χ1) is 13.9. The maximum Gasteiger partial charge on any atom is 0.227 e. The largest absolute Gasteiger partial charge is 0.353 e. The van der Waals surface area contributed by atoms with Gasteiger partial charge in [-0.15, -0.1) is 0 Å². The van der Waals surface area contributed by atoms with Gasteiger partial charge in [0.05, 0.1) is 11.7 Å². The summed E-state index contributed by atoms with van der Waals surface area (Å²) in [6.45, 7) is 5.18. The molecule has 0 radical (unpaired) electrons. The van der Waals surface area contributed by atoms with Gasteiger partial charge < -0.3 is 10.2 Å². The number of nitrogens with one attached hydrogen (secondary N) is 1. The van der Waals surface area contributed by atoms with E-state index in [0.29, 0.717) is 38.9 Å². The van der Waals surface area contributed by atoms with Crippen LogP contribution >= 0.6 is 0 Å². The predicted octanol–water partition coefficient (Wildman–Crippen LogP) is 1.92. The molecule has 0 aliphatic carbocycles. The van der Waals surface area contributed by atoms with Crippen LogP contribution in [-0.4, -0.2) is 56.0 Å². The molecule has 160 valence electrons. The zero-order valence-corrected chi connectivity index (χ0v) is 18.1. The molecular formula is C21H31N3O4S. The molecule has 0 aromatic heterocycles. The number of rotatable bonds is 7. The number of hydrogen-bond donors (Lipinski definition) is 1. The summed E-state index contributed by atoms with van der Waals surface area (Å²) in [5.74, 6) is -0.325. The lowest BCUT2D eigenvalue weighted by atomic mass is 10.0. The third-order valence-corrected chi connectivity index (χ3v) is 7.89. The number of carbonyl (C=O) groups is 2. The number of anilines is 1. The third kappa shape index (κ3) is 4.98. The van der Waals surface area contributed by atoms with Gasteiger partial charge in [0.2, 0.25) is 21.8 Å². The van der Waals surface area contributed by atoms with Gasteiger partial charge in [0, 0.05) is 37.8 Å². The highest BCUT2D eigenvalue weighted by atomic mass is 32.2. The molecular weight excluding hydrogens is 390 g/mol. The fraction of sp³-hybridized carbons (Fsp3) is 0.619. The monoisotopic (exact) mass is 421 g/mol. The molecule has 0 saturated carbocycles. The summed E-state index contributed by atoms with van der Waals surface area (Å²) < 4.78 is 25.9. The summed E-state index contributed by atoms with van der Waals surface area (Å²) in [6, 6.07) is 7.78. The summed E-state index contributed by atoms with van der Waals surface area (Å²) in [7, 11) is -3.18. The molecule has 8 heteroatoms. The fourth-order valence-corrected chi connectivity index (χ4v) is 5.71. The van der Waals surface area contributed by atoms with E-state index in [1.54, 1.807) is 4.90 Å². The average Bonchev–Trinajstić information content (AvgIpc) is 3.10. The van der Waals surface area contributed by atoms with Crippen LogP contribution in [-0.2, 0) is 26.0 Å². The van der Waals surface area contributed by atoms with E-state index in [4.69, 9.17) is 0 Å². The van der Waals surface area contributed by atoms with E-state index < -0.39 is 10.0 Å². The summed E-state index contributed by atoms with van der Waals surface area (Å²) in [6.07, 6.45) is 2.87. The van der Waals surface area contributed by atoms with Crippen LogP contribution in [0, 0.1) is 5.92 Å². The number of nitrogens with zero attached hydrogens (tertiary/aromatic N) is 2. The van der Waals surface area contributed by atoms with Gasteiger partial charge in [-0.25, -0.2) is 12.7 Å². The second-order valence-corrected chi connectivity index (χ2v) is 9.97. The molecule has 2 heterocycles. The van der Waals surface area contributed by atoms with Crippen LogP contribution in [0.3, 0.4) is 0 Å². The predicted molar refractivity (Wildman–Crippen MR) is 113 cm³/mol. The number of sulfonamides is 1. The van der Waals surface area contributed by atoms with E-state index >= 15 is 0 Å². The molecule has 2 fully saturated rings. The molecule has 1 aromatic carbocycles. The van der Waals surface area contributed by atoms with Gasteiger partial charge in [-0.2, -0.15) is 0 Å². The van der Waals surface area contributed by atoms with Gasteiger partial charge in [-0.3, -0.25) is 9.59 Å². The molecule has 1 N–H and O–H groups in total.